The van der Waals surface area contributed by atoms with Crippen LogP contribution in [0, 0.1) is 5.41 Å². The highest BCUT2D eigenvalue weighted by molar-refractivity contribution is 9.10. The quantitative estimate of drug-likeness (QED) is 0.552. The minimum atomic E-state index is -0.192. The summed E-state index contributed by atoms with van der Waals surface area (Å²) in [6, 6.07) is 15.5. The molecule has 0 saturated heterocycles. The maximum absolute atomic E-state index is 13.4. The van der Waals surface area contributed by atoms with Gasteiger partial charge in [-0.3, -0.25) is 14.5 Å². The standard InChI is InChI=1S/C25H26BrNO3/c1-4-30-19-11-9-18(10-12-19)27-21-14-25(2,3)15-22(28)24(21)20(13-23(27)29)16-5-7-17(26)8-6-16/h5-12,20H,4,13-15H2,1-3H3. The van der Waals surface area contributed by atoms with Gasteiger partial charge in [0, 0.05) is 40.2 Å². The van der Waals surface area contributed by atoms with E-state index in [4.69, 9.17) is 4.74 Å². The zero-order valence-corrected chi connectivity index (χ0v) is 19.2. The van der Waals surface area contributed by atoms with Crippen LogP contribution in [-0.4, -0.2) is 18.3 Å². The first-order valence-corrected chi connectivity index (χ1v) is 11.2. The molecule has 0 N–H and O–H groups in total. The highest BCUT2D eigenvalue weighted by Crippen LogP contribution is 2.48. The lowest BCUT2D eigenvalue weighted by Gasteiger charge is -2.43. The summed E-state index contributed by atoms with van der Waals surface area (Å²) < 4.78 is 6.52. The van der Waals surface area contributed by atoms with Crippen molar-refractivity contribution in [1.29, 1.82) is 0 Å². The molecule has 1 aliphatic carbocycles. The fraction of sp³-hybridized carbons (Fsp3) is 0.360. The van der Waals surface area contributed by atoms with Gasteiger partial charge in [0.1, 0.15) is 5.75 Å². The number of ketones is 1. The molecule has 156 valence electrons. The van der Waals surface area contributed by atoms with Gasteiger partial charge >= 0.3 is 0 Å². The van der Waals surface area contributed by atoms with Crippen LogP contribution in [-0.2, 0) is 9.59 Å². The Morgan fingerprint density at radius 1 is 1.03 bits per heavy atom. The molecule has 0 fully saturated rings. The summed E-state index contributed by atoms with van der Waals surface area (Å²) in [5.74, 6) is 0.754. The molecule has 0 radical (unpaired) electrons. The Morgan fingerprint density at radius 3 is 2.33 bits per heavy atom. The van der Waals surface area contributed by atoms with Crippen molar-refractivity contribution in [2.45, 2.75) is 46.0 Å². The topological polar surface area (TPSA) is 46.6 Å². The summed E-state index contributed by atoms with van der Waals surface area (Å²) in [4.78, 5) is 28.4. The third-order valence-corrected chi connectivity index (χ3v) is 6.35. The molecule has 0 saturated carbocycles. The Hall–Kier alpha value is -2.40. The molecule has 1 unspecified atom stereocenters. The highest BCUT2D eigenvalue weighted by Gasteiger charge is 2.44. The normalized spacial score (nSPS) is 20.9. The maximum atomic E-state index is 13.4. The van der Waals surface area contributed by atoms with Crippen molar-refractivity contribution in [3.63, 3.8) is 0 Å². The van der Waals surface area contributed by atoms with Crippen LogP contribution in [0.2, 0.25) is 0 Å². The van der Waals surface area contributed by atoms with Gasteiger partial charge in [-0.25, -0.2) is 0 Å². The number of rotatable bonds is 4. The Balaban J connectivity index is 1.82. The minimum Gasteiger partial charge on any atom is -0.494 e. The molecule has 1 atom stereocenters. The van der Waals surface area contributed by atoms with E-state index < -0.39 is 0 Å². The first kappa shape index (κ1) is 20.9. The number of ether oxygens (including phenoxy) is 1. The van der Waals surface area contributed by atoms with Crippen molar-refractivity contribution < 1.29 is 14.3 Å². The van der Waals surface area contributed by atoms with Crippen LogP contribution in [0.1, 0.15) is 51.5 Å². The number of benzene rings is 2. The number of hydrogen-bond acceptors (Lipinski definition) is 3. The Morgan fingerprint density at radius 2 is 1.70 bits per heavy atom. The predicted molar refractivity (Wildman–Crippen MR) is 122 cm³/mol. The Bertz CT molecular complexity index is 1010. The molecule has 2 aromatic rings. The summed E-state index contributed by atoms with van der Waals surface area (Å²) in [6.45, 7) is 6.73. The molecule has 4 rings (SSSR count). The highest BCUT2D eigenvalue weighted by atomic mass is 79.9. The molecule has 2 aromatic carbocycles. The lowest BCUT2D eigenvalue weighted by molar-refractivity contribution is -0.121. The summed E-state index contributed by atoms with van der Waals surface area (Å²) in [5, 5.41) is 0. The summed E-state index contributed by atoms with van der Waals surface area (Å²) in [5.41, 5.74) is 3.27. The SMILES string of the molecule is CCOc1ccc(N2C(=O)CC(c3ccc(Br)cc3)C3=C2CC(C)(C)CC3=O)cc1. The second kappa shape index (κ2) is 8.03. The molecule has 0 bridgehead atoms. The number of allylic oxidation sites excluding steroid dienone is 2. The van der Waals surface area contributed by atoms with Gasteiger partial charge in [-0.2, -0.15) is 0 Å². The van der Waals surface area contributed by atoms with Gasteiger partial charge in [-0.1, -0.05) is 41.9 Å². The number of nitrogens with zero attached hydrogens (tertiary/aromatic N) is 1. The summed E-state index contributed by atoms with van der Waals surface area (Å²) in [7, 11) is 0. The molecule has 0 aromatic heterocycles. The molecule has 30 heavy (non-hydrogen) atoms. The van der Waals surface area contributed by atoms with E-state index in [9.17, 15) is 9.59 Å². The molecule has 4 nitrogen and oxygen atoms in total. The van der Waals surface area contributed by atoms with Crippen LogP contribution in [0.15, 0.2) is 64.3 Å². The number of anilines is 1. The number of hydrogen-bond donors (Lipinski definition) is 0. The predicted octanol–water partition coefficient (Wildman–Crippen LogP) is 6.01. The van der Waals surface area contributed by atoms with E-state index in [0.29, 0.717) is 25.9 Å². The monoisotopic (exact) mass is 467 g/mol. The summed E-state index contributed by atoms with van der Waals surface area (Å²) >= 11 is 3.47. The molecule has 1 heterocycles. The number of amides is 1. The van der Waals surface area contributed by atoms with Crippen molar-refractivity contribution in [1.82, 2.24) is 0 Å². The molecular weight excluding hydrogens is 442 g/mol. The van der Waals surface area contributed by atoms with Crippen molar-refractivity contribution in [2.24, 2.45) is 5.41 Å². The molecule has 1 amide bonds. The second-order valence-corrected chi connectivity index (χ2v) is 9.68. The average Bonchev–Trinajstić information content (AvgIpc) is 2.68. The number of carbonyl (C=O) groups is 2. The maximum Gasteiger partial charge on any atom is 0.232 e. The van der Waals surface area contributed by atoms with E-state index in [1.807, 2.05) is 55.5 Å². The van der Waals surface area contributed by atoms with E-state index in [2.05, 4.69) is 29.8 Å². The fourth-order valence-electron chi connectivity index (χ4n) is 4.55. The zero-order valence-electron chi connectivity index (χ0n) is 17.6. The van der Waals surface area contributed by atoms with Crippen LogP contribution >= 0.6 is 15.9 Å². The lowest BCUT2D eigenvalue weighted by atomic mass is 9.69. The fourth-order valence-corrected chi connectivity index (χ4v) is 4.82. The van der Waals surface area contributed by atoms with Crippen molar-refractivity contribution in [2.75, 3.05) is 11.5 Å². The van der Waals surface area contributed by atoms with E-state index in [-0.39, 0.29) is 23.0 Å². The van der Waals surface area contributed by atoms with Crippen LogP contribution in [0.5, 0.6) is 5.75 Å². The van der Waals surface area contributed by atoms with Crippen molar-refractivity contribution in [3.8, 4) is 5.75 Å². The zero-order chi connectivity index (χ0) is 21.5. The van der Waals surface area contributed by atoms with Gasteiger partial charge in [-0.15, -0.1) is 0 Å². The number of Topliss-reactive ketones (excluding diaryl/α,β-unsaturated/α-hetero) is 1. The molecule has 1 aliphatic heterocycles. The van der Waals surface area contributed by atoms with E-state index in [1.165, 1.54) is 0 Å². The van der Waals surface area contributed by atoms with Crippen molar-refractivity contribution in [3.05, 3.63) is 69.8 Å². The van der Waals surface area contributed by atoms with Crippen LogP contribution in [0.25, 0.3) is 0 Å². The number of carbonyl (C=O) groups excluding carboxylic acids is 2. The Labute approximate surface area is 186 Å². The average molecular weight is 468 g/mol. The van der Waals surface area contributed by atoms with Gasteiger partial charge < -0.3 is 4.74 Å². The second-order valence-electron chi connectivity index (χ2n) is 8.77. The van der Waals surface area contributed by atoms with Gasteiger partial charge in [0.15, 0.2) is 5.78 Å². The van der Waals surface area contributed by atoms with E-state index in [1.54, 1.807) is 4.90 Å². The smallest absolute Gasteiger partial charge is 0.232 e. The first-order chi connectivity index (χ1) is 14.3. The minimum absolute atomic E-state index is 0.0244. The van der Waals surface area contributed by atoms with Crippen LogP contribution in [0.3, 0.4) is 0 Å². The number of halogens is 1. The third-order valence-electron chi connectivity index (χ3n) is 5.82. The van der Waals surface area contributed by atoms with Gasteiger partial charge in [-0.05, 0) is 60.7 Å². The van der Waals surface area contributed by atoms with Crippen molar-refractivity contribution >= 4 is 33.3 Å². The molecular formula is C25H26BrNO3. The van der Waals surface area contributed by atoms with E-state index in [0.717, 1.165) is 32.7 Å². The summed E-state index contributed by atoms with van der Waals surface area (Å²) in [6.07, 6.45) is 1.49. The lowest BCUT2D eigenvalue weighted by Crippen LogP contribution is -2.43. The van der Waals surface area contributed by atoms with Crippen LogP contribution < -0.4 is 9.64 Å². The van der Waals surface area contributed by atoms with Gasteiger partial charge in [0.05, 0.1) is 6.61 Å². The first-order valence-electron chi connectivity index (χ1n) is 10.4. The third kappa shape index (κ3) is 3.95. The largest absolute Gasteiger partial charge is 0.494 e. The molecule has 0 spiro atoms. The Kier molecular flexibility index (Phi) is 5.58. The van der Waals surface area contributed by atoms with Crippen LogP contribution in [0.4, 0.5) is 5.69 Å². The molecule has 2 aliphatic rings. The van der Waals surface area contributed by atoms with Gasteiger partial charge in [0.25, 0.3) is 0 Å². The van der Waals surface area contributed by atoms with E-state index >= 15 is 0 Å². The molecule has 5 heteroatoms. The van der Waals surface area contributed by atoms with Gasteiger partial charge in [0.2, 0.25) is 5.91 Å².